The van der Waals surface area contributed by atoms with Crippen molar-refractivity contribution in [1.29, 1.82) is 0 Å². The van der Waals surface area contributed by atoms with Crippen LogP contribution in [-0.4, -0.2) is 41.9 Å². The van der Waals surface area contributed by atoms with Crippen LogP contribution in [0.5, 0.6) is 11.6 Å². The van der Waals surface area contributed by atoms with E-state index in [4.69, 9.17) is 22.1 Å². The number of halogens is 1. The highest BCUT2D eigenvalue weighted by molar-refractivity contribution is 6.30. The molecule has 8 heteroatoms. The van der Waals surface area contributed by atoms with Gasteiger partial charge in [-0.1, -0.05) is 35.9 Å². The highest BCUT2D eigenvalue weighted by Gasteiger charge is 2.17. The number of aryl methyl sites for hydroxylation is 1. The smallest absolute Gasteiger partial charge is 0.230 e. The van der Waals surface area contributed by atoms with Crippen LogP contribution < -0.4 is 20.7 Å². The van der Waals surface area contributed by atoms with Crippen LogP contribution >= 0.6 is 11.6 Å². The van der Waals surface area contributed by atoms with Crippen molar-refractivity contribution in [2.75, 3.05) is 36.8 Å². The first-order valence-electron chi connectivity index (χ1n) is 11.6. The second-order valence-electron chi connectivity index (χ2n) is 8.52. The number of anilines is 2. The second kappa shape index (κ2) is 10.3. The molecule has 3 heterocycles. The van der Waals surface area contributed by atoms with Crippen molar-refractivity contribution >= 4 is 39.7 Å². The molecule has 0 saturated carbocycles. The van der Waals surface area contributed by atoms with Gasteiger partial charge >= 0.3 is 0 Å². The van der Waals surface area contributed by atoms with E-state index in [-0.39, 0.29) is 11.7 Å². The van der Waals surface area contributed by atoms with Crippen LogP contribution in [0.2, 0.25) is 5.02 Å². The van der Waals surface area contributed by atoms with E-state index in [2.05, 4.69) is 26.3 Å². The van der Waals surface area contributed by atoms with Crippen molar-refractivity contribution in [1.82, 2.24) is 15.3 Å². The number of piperazine rings is 1. The molecule has 3 N–H and O–H groups in total. The first kappa shape index (κ1) is 23.1. The maximum atomic E-state index is 13.2. The molecule has 2 aromatic carbocycles. The number of fused-ring (bicyclic) bond motifs is 1. The largest absolute Gasteiger partial charge is 0.438 e. The van der Waals surface area contributed by atoms with Crippen LogP contribution in [-0.2, 0) is 6.42 Å². The number of pyridine rings is 2. The van der Waals surface area contributed by atoms with Crippen LogP contribution in [0.4, 0.5) is 11.5 Å². The van der Waals surface area contributed by atoms with Gasteiger partial charge in [0.25, 0.3) is 0 Å². The molecular formula is C27H26ClN5O2. The number of hydrogen-bond donors (Lipinski definition) is 2. The fourth-order valence-corrected chi connectivity index (χ4v) is 4.44. The highest BCUT2D eigenvalue weighted by atomic mass is 35.5. The number of ketones is 1. The van der Waals surface area contributed by atoms with Gasteiger partial charge in [0.05, 0.1) is 10.6 Å². The van der Waals surface area contributed by atoms with Gasteiger partial charge < -0.3 is 20.7 Å². The molecule has 1 saturated heterocycles. The summed E-state index contributed by atoms with van der Waals surface area (Å²) in [6, 6.07) is 17.4. The van der Waals surface area contributed by atoms with Crippen LogP contribution in [0.25, 0.3) is 10.8 Å². The van der Waals surface area contributed by atoms with E-state index >= 15 is 0 Å². The SMILES string of the molecule is Nc1nccc2cc(CCC(=O)c3cc(Cl)cnc3Oc3cccc(N4CCNCC4)c3)ccc12. The van der Waals surface area contributed by atoms with E-state index in [9.17, 15) is 4.79 Å². The predicted molar refractivity (Wildman–Crippen MR) is 140 cm³/mol. The molecule has 0 atom stereocenters. The fourth-order valence-electron chi connectivity index (χ4n) is 4.28. The van der Waals surface area contributed by atoms with Crippen molar-refractivity contribution in [3.8, 4) is 11.6 Å². The maximum Gasteiger partial charge on any atom is 0.230 e. The highest BCUT2D eigenvalue weighted by Crippen LogP contribution is 2.30. The Labute approximate surface area is 208 Å². The molecule has 7 nitrogen and oxygen atoms in total. The molecule has 1 aliphatic heterocycles. The van der Waals surface area contributed by atoms with Gasteiger partial charge in [-0.2, -0.15) is 0 Å². The number of hydrogen-bond acceptors (Lipinski definition) is 7. The molecule has 0 aliphatic carbocycles. The topological polar surface area (TPSA) is 93.4 Å². The third-order valence-corrected chi connectivity index (χ3v) is 6.34. The Morgan fingerprint density at radius 1 is 1.09 bits per heavy atom. The quantitative estimate of drug-likeness (QED) is 0.359. The molecule has 0 spiro atoms. The van der Waals surface area contributed by atoms with Gasteiger partial charge in [0, 0.05) is 62.1 Å². The standard InChI is InChI=1S/C27H26ClN5O2/c28-20-15-24(25(34)7-5-18-4-6-23-19(14-18)8-9-31-26(23)29)27(32-17-20)35-22-3-1-2-21(16-22)33-12-10-30-11-13-33/h1-4,6,8-9,14-17,30H,5,7,10-13H2,(H2,29,31). The second-order valence-corrected chi connectivity index (χ2v) is 8.95. The Bertz CT molecular complexity index is 1370. The van der Waals surface area contributed by atoms with Gasteiger partial charge in [0.2, 0.25) is 5.88 Å². The van der Waals surface area contributed by atoms with Crippen molar-refractivity contribution < 1.29 is 9.53 Å². The third-order valence-electron chi connectivity index (χ3n) is 6.13. The molecule has 4 aromatic rings. The van der Waals surface area contributed by atoms with Crippen LogP contribution in [0, 0.1) is 0 Å². The molecular weight excluding hydrogens is 462 g/mol. The summed E-state index contributed by atoms with van der Waals surface area (Å²) in [5.41, 5.74) is 8.44. The number of aromatic nitrogens is 2. The Hall–Kier alpha value is -3.68. The van der Waals surface area contributed by atoms with E-state index in [1.807, 2.05) is 42.5 Å². The molecule has 1 fully saturated rings. The van der Waals surface area contributed by atoms with E-state index in [0.717, 1.165) is 48.2 Å². The van der Waals surface area contributed by atoms with Crippen molar-refractivity contribution in [2.45, 2.75) is 12.8 Å². The van der Waals surface area contributed by atoms with Crippen LogP contribution in [0.1, 0.15) is 22.3 Å². The molecule has 5 rings (SSSR count). The summed E-state index contributed by atoms with van der Waals surface area (Å²) in [6.07, 6.45) is 4.05. The summed E-state index contributed by atoms with van der Waals surface area (Å²) >= 11 is 6.19. The van der Waals surface area contributed by atoms with Gasteiger partial charge in [0.1, 0.15) is 11.6 Å². The lowest BCUT2D eigenvalue weighted by molar-refractivity contribution is 0.0980. The van der Waals surface area contributed by atoms with E-state index in [1.54, 1.807) is 12.3 Å². The lowest BCUT2D eigenvalue weighted by Gasteiger charge is -2.29. The Balaban J connectivity index is 1.32. The molecule has 0 radical (unpaired) electrons. The third kappa shape index (κ3) is 5.37. The number of Topliss-reactive ketones (excluding diaryl/α,β-unsaturated/α-hetero) is 1. The number of benzene rings is 2. The summed E-state index contributed by atoms with van der Waals surface area (Å²) in [6.45, 7) is 3.77. The number of nitrogens with one attached hydrogen (secondary N) is 1. The van der Waals surface area contributed by atoms with Gasteiger partial charge in [-0.15, -0.1) is 0 Å². The Kier molecular flexibility index (Phi) is 6.79. The van der Waals surface area contributed by atoms with Gasteiger partial charge in [-0.25, -0.2) is 9.97 Å². The minimum Gasteiger partial charge on any atom is -0.438 e. The summed E-state index contributed by atoms with van der Waals surface area (Å²) in [7, 11) is 0. The maximum absolute atomic E-state index is 13.2. The molecule has 0 unspecified atom stereocenters. The first-order valence-corrected chi connectivity index (χ1v) is 12.0. The Morgan fingerprint density at radius 2 is 1.94 bits per heavy atom. The molecule has 35 heavy (non-hydrogen) atoms. The van der Waals surface area contributed by atoms with Crippen molar-refractivity contribution in [2.24, 2.45) is 0 Å². The monoisotopic (exact) mass is 487 g/mol. The van der Waals surface area contributed by atoms with Crippen molar-refractivity contribution in [3.63, 3.8) is 0 Å². The van der Waals surface area contributed by atoms with E-state index in [1.165, 1.54) is 6.20 Å². The van der Waals surface area contributed by atoms with Gasteiger partial charge in [-0.3, -0.25) is 4.79 Å². The minimum atomic E-state index is -0.0809. The first-order chi connectivity index (χ1) is 17.1. The summed E-state index contributed by atoms with van der Waals surface area (Å²) in [5.74, 6) is 1.31. The average molecular weight is 488 g/mol. The van der Waals surface area contributed by atoms with Crippen LogP contribution in [0.15, 0.2) is 67.0 Å². The molecule has 178 valence electrons. The van der Waals surface area contributed by atoms with Gasteiger partial charge in [-0.05, 0) is 41.6 Å². The number of carbonyl (C=O) groups excluding carboxylic acids is 1. The number of carbonyl (C=O) groups is 1. The minimum absolute atomic E-state index is 0.0809. The Morgan fingerprint density at radius 3 is 2.80 bits per heavy atom. The summed E-state index contributed by atoms with van der Waals surface area (Å²) in [5, 5.41) is 5.65. The van der Waals surface area contributed by atoms with Crippen molar-refractivity contribution in [3.05, 3.63) is 83.1 Å². The fraction of sp³-hybridized carbons (Fsp3) is 0.222. The van der Waals surface area contributed by atoms with Gasteiger partial charge in [0.15, 0.2) is 5.78 Å². The number of nitrogens with zero attached hydrogens (tertiary/aromatic N) is 3. The normalized spacial score (nSPS) is 13.7. The average Bonchev–Trinajstić information content (AvgIpc) is 2.89. The predicted octanol–water partition coefficient (Wildman–Crippen LogP) is 4.88. The number of rotatable bonds is 7. The molecule has 1 aliphatic rings. The number of nitrogens with two attached hydrogens (primary N) is 1. The van der Waals surface area contributed by atoms with E-state index in [0.29, 0.717) is 35.0 Å². The van der Waals surface area contributed by atoms with E-state index < -0.39 is 0 Å². The zero-order valence-corrected chi connectivity index (χ0v) is 20.0. The molecule has 0 bridgehead atoms. The number of ether oxygens (including phenoxy) is 1. The zero-order valence-electron chi connectivity index (χ0n) is 19.2. The zero-order chi connectivity index (χ0) is 24.2. The summed E-state index contributed by atoms with van der Waals surface area (Å²) < 4.78 is 6.09. The van der Waals surface area contributed by atoms with Crippen LogP contribution in [0.3, 0.4) is 0 Å². The number of nitrogen functional groups attached to an aromatic ring is 1. The summed E-state index contributed by atoms with van der Waals surface area (Å²) in [4.78, 5) is 23.9. The molecule has 2 aromatic heterocycles. The molecule has 0 amide bonds. The lowest BCUT2D eigenvalue weighted by Crippen LogP contribution is -2.43. The lowest BCUT2D eigenvalue weighted by atomic mass is 10.0.